The van der Waals surface area contributed by atoms with Crippen LogP contribution in [0, 0.1) is 0 Å². The SMILES string of the molecule is CC1(C)OB(c2cc(-c3nc4c5ccccc5ccn4c3-c3ccccc3)cc3c2oc2ccccc23)OC1(C)C. The molecule has 0 amide bonds. The van der Waals surface area contributed by atoms with Gasteiger partial charge < -0.3 is 13.7 Å². The lowest BCUT2D eigenvalue weighted by Crippen LogP contribution is -2.41. The number of hydrogen-bond acceptors (Lipinski definition) is 4. The van der Waals surface area contributed by atoms with Gasteiger partial charge in [0.1, 0.15) is 16.8 Å². The Morgan fingerprint density at radius 1 is 0.683 bits per heavy atom. The van der Waals surface area contributed by atoms with E-state index in [1.807, 2.05) is 24.3 Å². The molecule has 5 nitrogen and oxygen atoms in total. The highest BCUT2D eigenvalue weighted by Gasteiger charge is 2.52. The quantitative estimate of drug-likeness (QED) is 0.215. The number of nitrogens with zero attached hydrogens (tertiary/aromatic N) is 2. The van der Waals surface area contributed by atoms with Crippen LogP contribution in [0.25, 0.3) is 60.9 Å². The summed E-state index contributed by atoms with van der Waals surface area (Å²) in [5, 5.41) is 4.34. The van der Waals surface area contributed by atoms with E-state index in [0.29, 0.717) is 0 Å². The number of aromatic nitrogens is 2. The molecular weight excluding hydrogens is 507 g/mol. The lowest BCUT2D eigenvalue weighted by Gasteiger charge is -2.32. The minimum Gasteiger partial charge on any atom is -0.456 e. The molecular formula is C35H29BN2O3. The van der Waals surface area contributed by atoms with E-state index in [9.17, 15) is 0 Å². The van der Waals surface area contributed by atoms with Crippen LogP contribution >= 0.6 is 0 Å². The molecule has 0 atom stereocenters. The Morgan fingerprint density at radius 3 is 2.15 bits per heavy atom. The third-order valence-corrected chi connectivity index (χ3v) is 8.85. The first-order chi connectivity index (χ1) is 19.8. The molecule has 0 unspecified atom stereocenters. The number of furan rings is 1. The number of pyridine rings is 1. The van der Waals surface area contributed by atoms with Crippen LogP contribution in [0.15, 0.2) is 108 Å². The number of rotatable bonds is 3. The van der Waals surface area contributed by atoms with E-state index in [0.717, 1.165) is 66.3 Å². The highest BCUT2D eigenvalue weighted by atomic mass is 16.7. The average Bonchev–Trinajstić information content (AvgIpc) is 3.61. The predicted octanol–water partition coefficient (Wildman–Crippen LogP) is 8.02. The summed E-state index contributed by atoms with van der Waals surface area (Å²) in [6.07, 6.45) is 2.12. The zero-order chi connectivity index (χ0) is 27.9. The van der Waals surface area contributed by atoms with Gasteiger partial charge in [0.15, 0.2) is 0 Å². The summed E-state index contributed by atoms with van der Waals surface area (Å²) in [7, 11) is -0.582. The summed E-state index contributed by atoms with van der Waals surface area (Å²) >= 11 is 0. The first-order valence-corrected chi connectivity index (χ1v) is 14.1. The van der Waals surface area contributed by atoms with E-state index in [4.69, 9.17) is 18.7 Å². The number of hydrogen-bond donors (Lipinski definition) is 0. The molecule has 0 N–H and O–H groups in total. The van der Waals surface area contributed by atoms with Gasteiger partial charge in [0, 0.05) is 38.9 Å². The molecule has 7 aromatic rings. The topological polar surface area (TPSA) is 48.9 Å². The molecule has 41 heavy (non-hydrogen) atoms. The Labute approximate surface area is 238 Å². The molecule has 1 saturated heterocycles. The lowest BCUT2D eigenvalue weighted by atomic mass is 9.76. The smallest absolute Gasteiger partial charge is 0.456 e. The highest BCUT2D eigenvalue weighted by molar-refractivity contribution is 6.65. The normalized spacial score (nSPS) is 16.4. The van der Waals surface area contributed by atoms with Crippen molar-refractivity contribution in [2.45, 2.75) is 38.9 Å². The second-order valence-electron chi connectivity index (χ2n) is 11.9. The van der Waals surface area contributed by atoms with Gasteiger partial charge in [0.25, 0.3) is 0 Å². The van der Waals surface area contributed by atoms with Crippen molar-refractivity contribution in [1.82, 2.24) is 9.38 Å². The predicted molar refractivity (Wildman–Crippen MR) is 167 cm³/mol. The number of para-hydroxylation sites is 1. The van der Waals surface area contributed by atoms with E-state index in [1.54, 1.807) is 0 Å². The zero-order valence-electron chi connectivity index (χ0n) is 23.5. The highest BCUT2D eigenvalue weighted by Crippen LogP contribution is 2.41. The van der Waals surface area contributed by atoms with Crippen molar-refractivity contribution >= 4 is 50.9 Å². The van der Waals surface area contributed by atoms with Crippen molar-refractivity contribution in [2.24, 2.45) is 0 Å². The van der Waals surface area contributed by atoms with E-state index in [1.165, 1.54) is 0 Å². The summed E-state index contributed by atoms with van der Waals surface area (Å²) in [5.41, 5.74) is 6.47. The van der Waals surface area contributed by atoms with Crippen LogP contribution in [-0.4, -0.2) is 27.7 Å². The van der Waals surface area contributed by atoms with E-state index in [-0.39, 0.29) is 0 Å². The third-order valence-electron chi connectivity index (χ3n) is 8.85. The minimum absolute atomic E-state index is 0.483. The molecule has 0 bridgehead atoms. The molecule has 6 heteroatoms. The van der Waals surface area contributed by atoms with Gasteiger partial charge in [-0.2, -0.15) is 0 Å². The molecule has 1 aliphatic rings. The average molecular weight is 536 g/mol. The van der Waals surface area contributed by atoms with Crippen molar-refractivity contribution in [3.8, 4) is 22.5 Å². The lowest BCUT2D eigenvalue weighted by molar-refractivity contribution is 0.00578. The molecule has 0 aliphatic carbocycles. The Balaban J connectivity index is 1.46. The molecule has 0 saturated carbocycles. The van der Waals surface area contributed by atoms with Crippen molar-refractivity contribution in [3.63, 3.8) is 0 Å². The first-order valence-electron chi connectivity index (χ1n) is 14.1. The Kier molecular flexibility index (Phi) is 5.10. The molecule has 0 radical (unpaired) electrons. The summed E-state index contributed by atoms with van der Waals surface area (Å²) in [6.45, 7) is 8.31. The fraction of sp³-hybridized carbons (Fsp3) is 0.171. The maximum atomic E-state index is 6.57. The Morgan fingerprint density at radius 2 is 1.37 bits per heavy atom. The summed E-state index contributed by atoms with van der Waals surface area (Å²) in [4.78, 5) is 5.33. The van der Waals surface area contributed by atoms with Crippen molar-refractivity contribution in [1.29, 1.82) is 0 Å². The molecule has 1 aliphatic heterocycles. The molecule has 4 heterocycles. The van der Waals surface area contributed by atoms with Gasteiger partial charge >= 0.3 is 7.12 Å². The van der Waals surface area contributed by atoms with Gasteiger partial charge in [0.2, 0.25) is 0 Å². The van der Waals surface area contributed by atoms with Crippen LogP contribution in [0.5, 0.6) is 0 Å². The van der Waals surface area contributed by atoms with Crippen molar-refractivity contribution in [2.75, 3.05) is 0 Å². The van der Waals surface area contributed by atoms with E-state index >= 15 is 0 Å². The van der Waals surface area contributed by atoms with Gasteiger partial charge in [-0.1, -0.05) is 72.8 Å². The van der Waals surface area contributed by atoms with Crippen LogP contribution in [0.1, 0.15) is 27.7 Å². The van der Waals surface area contributed by atoms with E-state index in [2.05, 4.69) is 111 Å². The third kappa shape index (κ3) is 3.61. The van der Waals surface area contributed by atoms with Crippen LogP contribution < -0.4 is 5.46 Å². The zero-order valence-corrected chi connectivity index (χ0v) is 23.5. The van der Waals surface area contributed by atoms with Crippen LogP contribution in [0.2, 0.25) is 0 Å². The monoisotopic (exact) mass is 536 g/mol. The molecule has 200 valence electrons. The van der Waals surface area contributed by atoms with Crippen molar-refractivity contribution in [3.05, 3.63) is 103 Å². The maximum Gasteiger partial charge on any atom is 0.498 e. The van der Waals surface area contributed by atoms with Crippen LogP contribution in [0.4, 0.5) is 0 Å². The fourth-order valence-corrected chi connectivity index (χ4v) is 5.98. The van der Waals surface area contributed by atoms with Crippen LogP contribution in [-0.2, 0) is 9.31 Å². The number of benzene rings is 4. The van der Waals surface area contributed by atoms with Gasteiger partial charge in [-0.15, -0.1) is 0 Å². The van der Waals surface area contributed by atoms with Gasteiger partial charge in [0.05, 0.1) is 22.6 Å². The summed E-state index contributed by atoms with van der Waals surface area (Å²) < 4.78 is 21.8. The van der Waals surface area contributed by atoms with Gasteiger partial charge in [-0.3, -0.25) is 4.40 Å². The summed E-state index contributed by atoms with van der Waals surface area (Å²) in [6, 6.07) is 33.5. The van der Waals surface area contributed by atoms with Gasteiger partial charge in [-0.25, -0.2) is 4.98 Å². The molecule has 0 spiro atoms. The standard InChI is InChI=1S/C35H29BN2O3/c1-34(2)35(3,4)41-36(40-34)28-21-24(20-27-26-16-10-11-17-29(26)39-32(27)28)30-31(23-13-6-5-7-14-23)38-19-18-22-12-8-9-15-25(22)33(38)37-30/h5-21H,1-4H3. The number of imidazole rings is 1. The molecule has 4 aromatic carbocycles. The molecule has 8 rings (SSSR count). The molecule has 3 aromatic heterocycles. The molecule has 1 fully saturated rings. The van der Waals surface area contributed by atoms with Gasteiger partial charge in [-0.05, 0) is 57.3 Å². The van der Waals surface area contributed by atoms with E-state index < -0.39 is 18.3 Å². The van der Waals surface area contributed by atoms with Crippen molar-refractivity contribution < 1.29 is 13.7 Å². The minimum atomic E-state index is -0.582. The largest absolute Gasteiger partial charge is 0.498 e. The first kappa shape index (κ1) is 24.4. The second-order valence-corrected chi connectivity index (χ2v) is 11.9. The Bertz CT molecular complexity index is 2110. The summed E-state index contributed by atoms with van der Waals surface area (Å²) in [5.74, 6) is 0. The Hall–Kier alpha value is -4.39. The fourth-order valence-electron chi connectivity index (χ4n) is 5.98. The number of fused-ring (bicyclic) bond motifs is 6. The second kappa shape index (κ2) is 8.56. The van der Waals surface area contributed by atoms with Crippen LogP contribution in [0.3, 0.4) is 0 Å². The maximum absolute atomic E-state index is 6.57.